The number of amides is 1. The first-order valence-electron chi connectivity index (χ1n) is 9.56. The van der Waals surface area contributed by atoms with Crippen molar-refractivity contribution in [2.45, 2.75) is 45.1 Å². The highest BCUT2D eigenvalue weighted by Crippen LogP contribution is 2.25. The Morgan fingerprint density at radius 1 is 1.28 bits per heavy atom. The van der Waals surface area contributed by atoms with Crippen molar-refractivity contribution in [1.82, 2.24) is 10.1 Å². The molecule has 1 aromatic carbocycles. The lowest BCUT2D eigenvalue weighted by Crippen LogP contribution is -2.30. The Bertz CT molecular complexity index is 1010. The first-order chi connectivity index (χ1) is 14.1. The number of aryl methyl sites for hydroxylation is 3. The van der Waals surface area contributed by atoms with Gasteiger partial charge >= 0.3 is 5.97 Å². The van der Waals surface area contributed by atoms with Crippen LogP contribution in [0.5, 0.6) is 0 Å². The minimum Gasteiger partial charge on any atom is -0.453 e. The number of hydrogen-bond acceptors (Lipinski definition) is 7. The monoisotopic (exact) mass is 411 g/mol. The maximum atomic E-state index is 12.3. The number of fused-ring (bicyclic) bond motifs is 1. The number of esters is 1. The topological polar surface area (TPSA) is 94.3 Å². The van der Waals surface area contributed by atoms with E-state index in [2.05, 4.69) is 15.5 Å². The summed E-state index contributed by atoms with van der Waals surface area (Å²) < 4.78 is 10.4. The standard InChI is InChI=1S/C21H21N3O4S/c1-13(21(26)22-17-6-5-14-3-2-4-15(14)11-17)27-19(25)8-7-18-23-20(24-28-18)16-9-10-29-12-16/h5-6,9-13H,2-4,7-8H2,1H3,(H,22,26)/t13-/m0/s1. The summed E-state index contributed by atoms with van der Waals surface area (Å²) >= 11 is 1.54. The number of thiophene rings is 1. The van der Waals surface area contributed by atoms with E-state index in [0.717, 1.165) is 30.5 Å². The number of hydrogen-bond donors (Lipinski definition) is 1. The Morgan fingerprint density at radius 3 is 2.97 bits per heavy atom. The third-order valence-electron chi connectivity index (χ3n) is 4.83. The molecular weight excluding hydrogens is 390 g/mol. The average molecular weight is 411 g/mol. The first-order valence-corrected chi connectivity index (χ1v) is 10.5. The van der Waals surface area contributed by atoms with Crippen LogP contribution in [0.1, 0.15) is 36.8 Å². The van der Waals surface area contributed by atoms with Crippen LogP contribution in [-0.4, -0.2) is 28.1 Å². The van der Waals surface area contributed by atoms with E-state index in [1.54, 1.807) is 18.3 Å². The Balaban J connectivity index is 1.25. The van der Waals surface area contributed by atoms with E-state index >= 15 is 0 Å². The lowest BCUT2D eigenvalue weighted by atomic mass is 10.1. The van der Waals surface area contributed by atoms with E-state index < -0.39 is 12.1 Å². The van der Waals surface area contributed by atoms with Gasteiger partial charge in [0.1, 0.15) is 0 Å². The summed E-state index contributed by atoms with van der Waals surface area (Å²) in [5, 5.41) is 10.6. The van der Waals surface area contributed by atoms with Crippen molar-refractivity contribution in [3.8, 4) is 11.4 Å². The molecule has 0 aliphatic heterocycles. The van der Waals surface area contributed by atoms with Crippen LogP contribution in [0.2, 0.25) is 0 Å². The fourth-order valence-electron chi connectivity index (χ4n) is 3.28. The van der Waals surface area contributed by atoms with Crippen LogP contribution in [0.25, 0.3) is 11.4 Å². The molecule has 1 amide bonds. The van der Waals surface area contributed by atoms with Crippen molar-refractivity contribution in [2.75, 3.05) is 5.32 Å². The van der Waals surface area contributed by atoms with Crippen molar-refractivity contribution >= 4 is 28.9 Å². The third-order valence-corrected chi connectivity index (χ3v) is 5.52. The SMILES string of the molecule is C[C@H](OC(=O)CCc1nc(-c2ccsc2)no1)C(=O)Nc1ccc2c(c1)CCC2. The molecule has 1 aliphatic rings. The van der Waals surface area contributed by atoms with E-state index in [1.807, 2.05) is 35.0 Å². The maximum Gasteiger partial charge on any atom is 0.307 e. The minimum atomic E-state index is -0.889. The van der Waals surface area contributed by atoms with E-state index in [4.69, 9.17) is 9.26 Å². The van der Waals surface area contributed by atoms with E-state index in [0.29, 0.717) is 11.7 Å². The zero-order valence-corrected chi connectivity index (χ0v) is 16.8. The lowest BCUT2D eigenvalue weighted by molar-refractivity contribution is -0.153. The first kappa shape index (κ1) is 19.3. The molecule has 4 rings (SSSR count). The number of rotatable bonds is 7. The van der Waals surface area contributed by atoms with Gasteiger partial charge in [0, 0.05) is 23.1 Å². The van der Waals surface area contributed by atoms with Gasteiger partial charge in [0.15, 0.2) is 6.10 Å². The van der Waals surface area contributed by atoms with Crippen LogP contribution < -0.4 is 5.32 Å². The maximum absolute atomic E-state index is 12.3. The number of nitrogens with one attached hydrogen (secondary N) is 1. The van der Waals surface area contributed by atoms with E-state index in [-0.39, 0.29) is 18.7 Å². The van der Waals surface area contributed by atoms with Gasteiger partial charge < -0.3 is 14.6 Å². The molecule has 8 heteroatoms. The normalized spacial score (nSPS) is 13.7. The molecule has 2 aromatic heterocycles. The van der Waals surface area contributed by atoms with Crippen LogP contribution in [0.15, 0.2) is 39.5 Å². The second-order valence-corrected chi connectivity index (χ2v) is 7.76. The quantitative estimate of drug-likeness (QED) is 0.595. The van der Waals surface area contributed by atoms with E-state index in [9.17, 15) is 9.59 Å². The van der Waals surface area contributed by atoms with Crippen molar-refractivity contribution in [3.05, 3.63) is 52.0 Å². The molecule has 0 bridgehead atoms. The summed E-state index contributed by atoms with van der Waals surface area (Å²) in [5.41, 5.74) is 4.22. The molecule has 0 unspecified atom stereocenters. The number of benzene rings is 1. The fourth-order valence-corrected chi connectivity index (χ4v) is 3.91. The average Bonchev–Trinajstić information content (AvgIpc) is 3.46. The van der Waals surface area contributed by atoms with Crippen LogP contribution in [-0.2, 0) is 33.6 Å². The van der Waals surface area contributed by atoms with E-state index in [1.165, 1.54) is 11.1 Å². The number of ether oxygens (including phenoxy) is 1. The summed E-state index contributed by atoms with van der Waals surface area (Å²) in [6, 6.07) is 7.82. The number of nitrogens with zero attached hydrogens (tertiary/aromatic N) is 2. The second kappa shape index (κ2) is 8.57. The van der Waals surface area contributed by atoms with Gasteiger partial charge in [-0.25, -0.2) is 0 Å². The van der Waals surface area contributed by atoms with Gasteiger partial charge in [-0.1, -0.05) is 11.2 Å². The lowest BCUT2D eigenvalue weighted by Gasteiger charge is -2.14. The highest BCUT2D eigenvalue weighted by atomic mass is 32.1. The summed E-state index contributed by atoms with van der Waals surface area (Å²) in [7, 11) is 0. The molecule has 0 spiro atoms. The van der Waals surface area contributed by atoms with Crippen LogP contribution in [0.4, 0.5) is 5.69 Å². The highest BCUT2D eigenvalue weighted by molar-refractivity contribution is 7.08. The van der Waals surface area contributed by atoms with Gasteiger partial charge in [0.05, 0.1) is 6.42 Å². The molecule has 0 fully saturated rings. The number of aromatic nitrogens is 2. The fraction of sp³-hybridized carbons (Fsp3) is 0.333. The number of carbonyl (C=O) groups excluding carboxylic acids is 2. The largest absolute Gasteiger partial charge is 0.453 e. The van der Waals surface area contributed by atoms with Crippen molar-refractivity contribution in [3.63, 3.8) is 0 Å². The Kier molecular flexibility index (Phi) is 5.71. The predicted molar refractivity (Wildman–Crippen MR) is 109 cm³/mol. The summed E-state index contributed by atoms with van der Waals surface area (Å²) in [6.07, 6.45) is 2.70. The third kappa shape index (κ3) is 4.71. The molecule has 0 saturated heterocycles. The number of anilines is 1. The molecule has 7 nitrogen and oxygen atoms in total. The molecule has 0 saturated carbocycles. The Morgan fingerprint density at radius 2 is 2.14 bits per heavy atom. The van der Waals surface area contributed by atoms with Crippen molar-refractivity contribution in [1.29, 1.82) is 0 Å². The van der Waals surface area contributed by atoms with Crippen LogP contribution in [0.3, 0.4) is 0 Å². The van der Waals surface area contributed by atoms with Crippen LogP contribution in [0, 0.1) is 0 Å². The zero-order chi connectivity index (χ0) is 20.2. The van der Waals surface area contributed by atoms with Crippen molar-refractivity contribution < 1.29 is 18.8 Å². The molecule has 3 aromatic rings. The van der Waals surface area contributed by atoms with Gasteiger partial charge in [-0.3, -0.25) is 9.59 Å². The predicted octanol–water partition coefficient (Wildman–Crippen LogP) is 3.79. The molecular formula is C21H21N3O4S. The molecule has 29 heavy (non-hydrogen) atoms. The van der Waals surface area contributed by atoms with Crippen molar-refractivity contribution in [2.24, 2.45) is 0 Å². The zero-order valence-electron chi connectivity index (χ0n) is 16.0. The summed E-state index contributed by atoms with van der Waals surface area (Å²) in [5.74, 6) is 0.0147. The Hall–Kier alpha value is -3.00. The summed E-state index contributed by atoms with van der Waals surface area (Å²) in [6.45, 7) is 1.56. The second-order valence-electron chi connectivity index (χ2n) is 6.98. The molecule has 1 atom stereocenters. The highest BCUT2D eigenvalue weighted by Gasteiger charge is 2.20. The Labute approximate surface area is 172 Å². The van der Waals surface area contributed by atoms with Gasteiger partial charge in [-0.2, -0.15) is 16.3 Å². The molecule has 150 valence electrons. The molecule has 0 radical (unpaired) electrons. The van der Waals surface area contributed by atoms with Gasteiger partial charge in [-0.05, 0) is 60.9 Å². The number of carbonyl (C=O) groups is 2. The van der Waals surface area contributed by atoms with Gasteiger partial charge in [0.2, 0.25) is 11.7 Å². The smallest absolute Gasteiger partial charge is 0.307 e. The summed E-state index contributed by atoms with van der Waals surface area (Å²) in [4.78, 5) is 28.7. The van der Waals surface area contributed by atoms with Gasteiger partial charge in [-0.15, -0.1) is 0 Å². The molecule has 1 N–H and O–H groups in total. The van der Waals surface area contributed by atoms with Crippen LogP contribution >= 0.6 is 11.3 Å². The molecule has 1 aliphatic carbocycles. The van der Waals surface area contributed by atoms with Gasteiger partial charge in [0.25, 0.3) is 5.91 Å². The minimum absolute atomic E-state index is 0.0573. The molecule has 2 heterocycles.